The fourth-order valence-electron chi connectivity index (χ4n) is 5.82. The smallest absolute Gasteiger partial charge is 0.339 e. The van der Waals surface area contributed by atoms with Crippen molar-refractivity contribution in [3.8, 4) is 17.2 Å². The number of ether oxygens (including phenoxy) is 6. The molecule has 3 aromatic carbocycles. The zero-order valence-corrected chi connectivity index (χ0v) is 29.2. The van der Waals surface area contributed by atoms with Crippen molar-refractivity contribution >= 4 is 11.9 Å². The van der Waals surface area contributed by atoms with Crippen molar-refractivity contribution in [2.24, 2.45) is 0 Å². The molecule has 18 heteroatoms. The lowest BCUT2D eigenvalue weighted by Crippen LogP contribution is -2.60. The van der Waals surface area contributed by atoms with Crippen molar-refractivity contribution in [3.05, 3.63) is 89.5 Å². The fourth-order valence-corrected chi connectivity index (χ4v) is 5.82. The minimum atomic E-state index is -2.40. The predicted octanol–water partition coefficient (Wildman–Crippen LogP) is -2.10. The van der Waals surface area contributed by atoms with Gasteiger partial charge in [0.2, 0.25) is 12.6 Å². The molecular formula is C37H44O18. The van der Waals surface area contributed by atoms with Crippen molar-refractivity contribution in [3.63, 3.8) is 0 Å². The van der Waals surface area contributed by atoms with Gasteiger partial charge in [-0.15, -0.1) is 0 Å². The van der Waals surface area contributed by atoms with Crippen LogP contribution in [0, 0.1) is 0 Å². The first-order valence-electron chi connectivity index (χ1n) is 17.2. The molecule has 55 heavy (non-hydrogen) atoms. The van der Waals surface area contributed by atoms with Crippen molar-refractivity contribution in [1.82, 2.24) is 0 Å². The number of rotatable bonds is 15. The van der Waals surface area contributed by atoms with Crippen molar-refractivity contribution in [2.45, 2.75) is 93.1 Å². The molecule has 2 fully saturated rings. The summed E-state index contributed by atoms with van der Waals surface area (Å²) in [7, 11) is 0. The van der Waals surface area contributed by atoms with E-state index >= 15 is 0 Å². The molecule has 0 bridgehead atoms. The number of carbonyl (C=O) groups is 2. The average Bonchev–Trinajstić information content (AvgIpc) is 3.18. The standard InChI is InChI=1S/C37H44O18/c38-15-25-28(42)30(44)32(46)34(54-25)52-23-9-3-20(4-10-23)17-50-27(41)14-37(49,13-19-1-7-22(40)8-2-19)36(48)51-18-21-5-11-24(12-6-21)53-35-33(47)31(45)29(43)26(16-39)55-35/h1-12,25-26,28-35,38-40,42-47,49H,13-18H2/t25-,26-,28-,29-,30+,31+,32-,33-,34-,35-,37-/m1/s1. The fraction of sp³-hybridized carbons (Fsp3) is 0.459. The van der Waals surface area contributed by atoms with E-state index in [-0.39, 0.29) is 36.9 Å². The maximum atomic E-state index is 13.4. The second-order valence-corrected chi connectivity index (χ2v) is 13.2. The number of benzene rings is 3. The van der Waals surface area contributed by atoms with Gasteiger partial charge < -0.3 is 79.5 Å². The molecule has 18 nitrogen and oxygen atoms in total. The summed E-state index contributed by atoms with van der Waals surface area (Å²) in [6.07, 6.45) is -15.9. The molecule has 5 rings (SSSR count). The van der Waals surface area contributed by atoms with E-state index in [2.05, 4.69) is 0 Å². The maximum absolute atomic E-state index is 13.4. The minimum absolute atomic E-state index is 0.0575. The SMILES string of the molecule is O=C(C[C@](O)(Cc1ccc(O)cc1)C(=O)OCc1ccc(O[C@@H]2O[C@H](CO)[C@@H](O)[C@H](O)[C@H]2O)cc1)OCc1ccc(O[C@@H]2O[C@H](CO)[C@@H](O)[C@H](O)[C@H]2O)cc1. The van der Waals surface area contributed by atoms with Crippen molar-refractivity contribution in [2.75, 3.05) is 13.2 Å². The molecule has 0 amide bonds. The van der Waals surface area contributed by atoms with Gasteiger partial charge in [-0.1, -0.05) is 36.4 Å². The second kappa shape index (κ2) is 18.5. The number of phenolic OH excluding ortho intramolecular Hbond substituents is 1. The van der Waals surface area contributed by atoms with E-state index in [0.29, 0.717) is 16.7 Å². The molecule has 10 N–H and O–H groups in total. The van der Waals surface area contributed by atoms with Gasteiger partial charge in [-0.2, -0.15) is 0 Å². The summed E-state index contributed by atoms with van der Waals surface area (Å²) >= 11 is 0. The largest absolute Gasteiger partial charge is 0.508 e. The molecule has 0 unspecified atom stereocenters. The van der Waals surface area contributed by atoms with Crippen LogP contribution in [0.5, 0.6) is 17.2 Å². The number of aromatic hydroxyl groups is 1. The summed E-state index contributed by atoms with van der Waals surface area (Å²) < 4.78 is 32.5. The first-order chi connectivity index (χ1) is 26.2. The van der Waals surface area contributed by atoms with E-state index in [1.807, 2.05) is 0 Å². The molecule has 0 aliphatic carbocycles. The van der Waals surface area contributed by atoms with Crippen molar-refractivity contribution < 1.29 is 89.1 Å². The van der Waals surface area contributed by atoms with Gasteiger partial charge in [-0.05, 0) is 53.1 Å². The predicted molar refractivity (Wildman–Crippen MR) is 183 cm³/mol. The Kier molecular flexibility index (Phi) is 14.0. The van der Waals surface area contributed by atoms with Crippen LogP contribution in [0.25, 0.3) is 0 Å². The molecule has 0 radical (unpaired) electrons. The van der Waals surface area contributed by atoms with Gasteiger partial charge >= 0.3 is 11.9 Å². The summed E-state index contributed by atoms with van der Waals surface area (Å²) in [5.74, 6) is -1.80. The van der Waals surface area contributed by atoms with Gasteiger partial charge in [0.25, 0.3) is 0 Å². The number of carbonyl (C=O) groups excluding carboxylic acids is 2. The Bertz CT molecular complexity index is 1680. The normalized spacial score (nSPS) is 29.1. The molecule has 2 aliphatic heterocycles. The van der Waals surface area contributed by atoms with Crippen LogP contribution in [-0.4, -0.2) is 143 Å². The highest BCUT2D eigenvalue weighted by molar-refractivity contribution is 5.86. The molecule has 0 saturated carbocycles. The second-order valence-electron chi connectivity index (χ2n) is 13.2. The first-order valence-corrected chi connectivity index (χ1v) is 17.2. The number of esters is 2. The lowest BCUT2D eigenvalue weighted by molar-refractivity contribution is -0.277. The zero-order valence-electron chi connectivity index (χ0n) is 29.2. The third kappa shape index (κ3) is 10.5. The summed E-state index contributed by atoms with van der Waals surface area (Å²) in [4.78, 5) is 26.3. The van der Waals surface area contributed by atoms with Gasteiger partial charge in [0.1, 0.15) is 79.3 Å². The number of hydrogen-bond donors (Lipinski definition) is 10. The van der Waals surface area contributed by atoms with E-state index in [1.165, 1.54) is 72.8 Å². The molecule has 3 aromatic rings. The van der Waals surface area contributed by atoms with Crippen molar-refractivity contribution in [1.29, 1.82) is 0 Å². The van der Waals surface area contributed by atoms with Crippen LogP contribution >= 0.6 is 0 Å². The van der Waals surface area contributed by atoms with Gasteiger partial charge in [0, 0.05) is 6.42 Å². The Balaban J connectivity index is 1.17. The van der Waals surface area contributed by atoms with Crippen LogP contribution in [0.1, 0.15) is 23.1 Å². The van der Waals surface area contributed by atoms with E-state index < -0.39 is 98.6 Å². The van der Waals surface area contributed by atoms with Gasteiger partial charge in [0.05, 0.1) is 19.6 Å². The maximum Gasteiger partial charge on any atom is 0.339 e. The molecule has 11 atom stereocenters. The summed E-state index contributed by atoms with van der Waals surface area (Å²) in [6, 6.07) is 17.4. The Morgan fingerprint density at radius 3 is 1.44 bits per heavy atom. The molecule has 2 aliphatic rings. The highest BCUT2D eigenvalue weighted by Gasteiger charge is 2.46. The molecule has 0 spiro atoms. The summed E-state index contributed by atoms with van der Waals surface area (Å²) in [5.41, 5.74) is -1.10. The van der Waals surface area contributed by atoms with E-state index in [1.54, 1.807) is 0 Å². The lowest BCUT2D eigenvalue weighted by Gasteiger charge is -2.39. The molecular weight excluding hydrogens is 732 g/mol. The van der Waals surface area contributed by atoms with Crippen LogP contribution in [0.3, 0.4) is 0 Å². The molecule has 2 heterocycles. The Morgan fingerprint density at radius 2 is 1.00 bits per heavy atom. The molecule has 0 aromatic heterocycles. The Morgan fingerprint density at radius 1 is 0.582 bits per heavy atom. The number of aliphatic hydroxyl groups excluding tert-OH is 8. The van der Waals surface area contributed by atoms with Crippen LogP contribution in [0.2, 0.25) is 0 Å². The third-order valence-electron chi connectivity index (χ3n) is 9.07. The summed E-state index contributed by atoms with van der Waals surface area (Å²) in [6.45, 7) is -1.88. The highest BCUT2D eigenvalue weighted by atomic mass is 16.7. The average molecular weight is 777 g/mol. The zero-order chi connectivity index (χ0) is 39.9. The van der Waals surface area contributed by atoms with E-state index in [9.17, 15) is 60.7 Å². The van der Waals surface area contributed by atoms with Crippen LogP contribution in [-0.2, 0) is 48.2 Å². The Labute approximate surface area is 313 Å². The van der Waals surface area contributed by atoms with Gasteiger partial charge in [-0.25, -0.2) is 4.79 Å². The number of aliphatic hydroxyl groups is 9. The molecule has 2 saturated heterocycles. The number of hydrogen-bond acceptors (Lipinski definition) is 18. The first kappa shape index (κ1) is 41.7. The van der Waals surface area contributed by atoms with Crippen LogP contribution in [0.4, 0.5) is 0 Å². The topological polar surface area (TPSA) is 292 Å². The van der Waals surface area contributed by atoms with Crippen LogP contribution < -0.4 is 9.47 Å². The third-order valence-corrected chi connectivity index (χ3v) is 9.07. The quantitative estimate of drug-likeness (QED) is 0.0740. The lowest BCUT2D eigenvalue weighted by atomic mass is 9.91. The van der Waals surface area contributed by atoms with Gasteiger partial charge in [-0.3, -0.25) is 4.79 Å². The van der Waals surface area contributed by atoms with E-state index in [0.717, 1.165) is 0 Å². The summed E-state index contributed by atoms with van der Waals surface area (Å²) in [5, 5.41) is 100. The monoisotopic (exact) mass is 776 g/mol. The Hall–Kier alpha value is -4.44. The highest BCUT2D eigenvalue weighted by Crippen LogP contribution is 2.28. The van der Waals surface area contributed by atoms with Crippen LogP contribution in [0.15, 0.2) is 72.8 Å². The van der Waals surface area contributed by atoms with E-state index in [4.69, 9.17) is 28.4 Å². The minimum Gasteiger partial charge on any atom is -0.508 e. The number of phenols is 1. The molecule has 300 valence electrons. The van der Waals surface area contributed by atoms with Gasteiger partial charge in [0.15, 0.2) is 5.60 Å².